The number of aliphatic carboxylic acids is 1. The Morgan fingerprint density at radius 3 is 2.21 bits per heavy atom. The maximum atomic E-state index is 12.0. The molecule has 0 unspecified atom stereocenters. The number of benzene rings is 2. The molecule has 3 N–H and O–H groups in total. The number of rotatable bonds is 7. The second-order valence-corrected chi connectivity index (χ2v) is 5.25. The molecule has 2 aromatic rings. The highest BCUT2D eigenvalue weighted by Crippen LogP contribution is 2.28. The summed E-state index contributed by atoms with van der Waals surface area (Å²) in [6.45, 7) is 0. The summed E-state index contributed by atoms with van der Waals surface area (Å²) < 4.78 is 5.28. The highest BCUT2D eigenvalue weighted by Gasteiger charge is 2.13. The summed E-state index contributed by atoms with van der Waals surface area (Å²) in [5.41, 5.74) is 0.923. The van der Waals surface area contributed by atoms with E-state index in [9.17, 15) is 19.8 Å². The molecular formula is C18H18O6. The lowest BCUT2D eigenvalue weighted by atomic mass is 10.1. The van der Waals surface area contributed by atoms with Crippen molar-refractivity contribution in [1.82, 2.24) is 0 Å². The van der Waals surface area contributed by atoms with Crippen LogP contribution in [-0.4, -0.2) is 27.3 Å². The van der Waals surface area contributed by atoms with E-state index in [-0.39, 0.29) is 42.7 Å². The average Bonchev–Trinajstić information content (AvgIpc) is 2.53. The molecule has 0 bridgehead atoms. The van der Waals surface area contributed by atoms with Crippen LogP contribution in [0.5, 0.6) is 17.2 Å². The molecule has 0 spiro atoms. The molecule has 0 heterocycles. The van der Waals surface area contributed by atoms with E-state index in [1.807, 2.05) is 0 Å². The molecule has 126 valence electrons. The zero-order chi connectivity index (χ0) is 17.5. The van der Waals surface area contributed by atoms with Gasteiger partial charge in [-0.25, -0.2) is 0 Å². The van der Waals surface area contributed by atoms with Crippen molar-refractivity contribution in [3.05, 3.63) is 53.6 Å². The quantitative estimate of drug-likeness (QED) is 0.532. The van der Waals surface area contributed by atoms with E-state index in [0.717, 1.165) is 0 Å². The molecular weight excluding hydrogens is 312 g/mol. The van der Waals surface area contributed by atoms with Crippen LogP contribution in [0, 0.1) is 0 Å². The van der Waals surface area contributed by atoms with Crippen molar-refractivity contribution in [3.8, 4) is 17.2 Å². The van der Waals surface area contributed by atoms with E-state index < -0.39 is 11.9 Å². The van der Waals surface area contributed by atoms with Gasteiger partial charge in [0.15, 0.2) is 0 Å². The van der Waals surface area contributed by atoms with Crippen molar-refractivity contribution in [3.63, 3.8) is 0 Å². The highest BCUT2D eigenvalue weighted by atomic mass is 16.5. The predicted molar refractivity (Wildman–Crippen MR) is 86.1 cm³/mol. The van der Waals surface area contributed by atoms with Crippen molar-refractivity contribution >= 4 is 11.9 Å². The van der Waals surface area contributed by atoms with E-state index in [4.69, 9.17) is 9.84 Å². The maximum Gasteiger partial charge on any atom is 0.311 e. The minimum atomic E-state index is -0.925. The average molecular weight is 330 g/mol. The van der Waals surface area contributed by atoms with Gasteiger partial charge in [0.25, 0.3) is 0 Å². The van der Waals surface area contributed by atoms with E-state index in [2.05, 4.69) is 0 Å². The Kier molecular flexibility index (Phi) is 5.78. The van der Waals surface area contributed by atoms with Gasteiger partial charge in [0.2, 0.25) is 0 Å². The van der Waals surface area contributed by atoms with Crippen molar-refractivity contribution in [2.24, 2.45) is 0 Å². The fourth-order valence-electron chi connectivity index (χ4n) is 2.27. The molecule has 0 aromatic heterocycles. The number of phenols is 2. The Hall–Kier alpha value is -3.02. The molecule has 0 aliphatic carbocycles. The van der Waals surface area contributed by atoms with Gasteiger partial charge in [0.05, 0.1) is 6.42 Å². The van der Waals surface area contributed by atoms with Crippen molar-refractivity contribution in [2.45, 2.75) is 25.7 Å². The van der Waals surface area contributed by atoms with Gasteiger partial charge in [-0.15, -0.1) is 0 Å². The molecule has 0 radical (unpaired) electrons. The number of hydrogen-bond acceptors (Lipinski definition) is 5. The number of carbonyl (C=O) groups excluding carboxylic acids is 1. The Balaban J connectivity index is 1.99. The van der Waals surface area contributed by atoms with Crippen LogP contribution < -0.4 is 4.74 Å². The van der Waals surface area contributed by atoms with Gasteiger partial charge < -0.3 is 20.1 Å². The third-order valence-electron chi connectivity index (χ3n) is 3.51. The van der Waals surface area contributed by atoms with Gasteiger partial charge in [0.1, 0.15) is 17.2 Å². The van der Waals surface area contributed by atoms with Crippen LogP contribution >= 0.6 is 0 Å². The maximum absolute atomic E-state index is 12.0. The number of aryl methyl sites for hydroxylation is 1. The molecule has 0 fully saturated rings. The summed E-state index contributed by atoms with van der Waals surface area (Å²) in [5, 5.41) is 28.1. The summed E-state index contributed by atoms with van der Waals surface area (Å²) in [6.07, 6.45) is 0.312. The third kappa shape index (κ3) is 4.74. The summed E-state index contributed by atoms with van der Waals surface area (Å²) in [7, 11) is 0. The zero-order valence-electron chi connectivity index (χ0n) is 12.9. The second kappa shape index (κ2) is 8.01. The molecule has 0 saturated carbocycles. The molecule has 0 aliphatic rings. The molecule has 6 nitrogen and oxygen atoms in total. The number of esters is 1. The number of carboxylic acids is 1. The van der Waals surface area contributed by atoms with Crippen LogP contribution in [0.2, 0.25) is 0 Å². The lowest BCUT2D eigenvalue weighted by Gasteiger charge is -2.10. The van der Waals surface area contributed by atoms with Gasteiger partial charge >= 0.3 is 11.9 Å². The third-order valence-corrected chi connectivity index (χ3v) is 3.51. The number of para-hydroxylation sites is 1. The van der Waals surface area contributed by atoms with Crippen LogP contribution in [0.3, 0.4) is 0 Å². The molecule has 6 heteroatoms. The Morgan fingerprint density at radius 1 is 0.875 bits per heavy atom. The fraction of sp³-hybridized carbons (Fsp3) is 0.222. The van der Waals surface area contributed by atoms with E-state index in [1.165, 1.54) is 18.2 Å². The van der Waals surface area contributed by atoms with E-state index in [1.54, 1.807) is 24.3 Å². The number of phenolic OH excluding ortho intramolecular Hbond substituents is 2. The highest BCUT2D eigenvalue weighted by molar-refractivity contribution is 5.73. The van der Waals surface area contributed by atoms with E-state index >= 15 is 0 Å². The molecule has 0 amide bonds. The SMILES string of the molecule is O=C(O)CCc1ccccc1OC(=O)CCc1c(O)cccc1O. The number of carbonyl (C=O) groups is 2. The lowest BCUT2D eigenvalue weighted by Crippen LogP contribution is -2.11. The standard InChI is InChI=1S/C18H18O6/c19-14-5-3-6-15(20)13(14)9-11-18(23)24-16-7-2-1-4-12(16)8-10-17(21)22/h1-7,19-20H,8-11H2,(H,21,22). The molecule has 0 saturated heterocycles. The van der Waals surface area contributed by atoms with Crippen LogP contribution in [-0.2, 0) is 22.4 Å². The van der Waals surface area contributed by atoms with Crippen LogP contribution in [0.1, 0.15) is 24.0 Å². The summed E-state index contributed by atoms with van der Waals surface area (Å²) in [4.78, 5) is 22.7. The Bertz CT molecular complexity index is 718. The number of aromatic hydroxyl groups is 2. The van der Waals surface area contributed by atoms with Gasteiger partial charge in [0, 0.05) is 12.0 Å². The van der Waals surface area contributed by atoms with E-state index in [0.29, 0.717) is 11.3 Å². The predicted octanol–water partition coefficient (Wildman–Crippen LogP) is 2.65. The number of hydrogen-bond donors (Lipinski definition) is 3. The molecule has 2 aromatic carbocycles. The summed E-state index contributed by atoms with van der Waals surface area (Å²) >= 11 is 0. The first-order valence-corrected chi connectivity index (χ1v) is 7.47. The van der Waals surface area contributed by atoms with Gasteiger partial charge in [-0.1, -0.05) is 24.3 Å². The number of carboxylic acid groups (broad SMARTS) is 1. The van der Waals surface area contributed by atoms with Gasteiger partial charge in [-0.05, 0) is 36.6 Å². The molecule has 24 heavy (non-hydrogen) atoms. The second-order valence-electron chi connectivity index (χ2n) is 5.25. The largest absolute Gasteiger partial charge is 0.508 e. The van der Waals surface area contributed by atoms with Crippen LogP contribution in [0.25, 0.3) is 0 Å². The smallest absolute Gasteiger partial charge is 0.311 e. The molecule has 2 rings (SSSR count). The molecule has 0 atom stereocenters. The van der Waals surface area contributed by atoms with Crippen molar-refractivity contribution in [1.29, 1.82) is 0 Å². The van der Waals surface area contributed by atoms with Crippen LogP contribution in [0.15, 0.2) is 42.5 Å². The minimum Gasteiger partial charge on any atom is -0.508 e. The van der Waals surface area contributed by atoms with Crippen molar-refractivity contribution < 1.29 is 29.6 Å². The lowest BCUT2D eigenvalue weighted by molar-refractivity contribution is -0.137. The first-order chi connectivity index (χ1) is 11.5. The number of ether oxygens (including phenoxy) is 1. The first-order valence-electron chi connectivity index (χ1n) is 7.47. The first kappa shape index (κ1) is 17.3. The topological polar surface area (TPSA) is 104 Å². The minimum absolute atomic E-state index is 0.0294. The van der Waals surface area contributed by atoms with Gasteiger partial charge in [-0.2, -0.15) is 0 Å². The van der Waals surface area contributed by atoms with Crippen molar-refractivity contribution in [2.75, 3.05) is 0 Å². The fourth-order valence-corrected chi connectivity index (χ4v) is 2.27. The van der Waals surface area contributed by atoms with Crippen LogP contribution in [0.4, 0.5) is 0 Å². The monoisotopic (exact) mass is 330 g/mol. The van der Waals surface area contributed by atoms with Gasteiger partial charge in [-0.3, -0.25) is 9.59 Å². The Morgan fingerprint density at radius 2 is 1.54 bits per heavy atom. The summed E-state index contributed by atoms with van der Waals surface area (Å²) in [5.74, 6) is -1.29. The summed E-state index contributed by atoms with van der Waals surface area (Å²) in [6, 6.07) is 11.1. The normalized spacial score (nSPS) is 10.3. The Labute approximate surface area is 138 Å². The zero-order valence-corrected chi connectivity index (χ0v) is 12.9. The molecule has 0 aliphatic heterocycles.